The molecule has 1 saturated carbocycles. The fraction of sp³-hybridized carbons (Fsp3) is 0.440. The van der Waals surface area contributed by atoms with Crippen molar-refractivity contribution in [2.75, 3.05) is 36.6 Å². The Kier molecular flexibility index (Phi) is 6.71. The standard InChI is InChI=1S/C25H31N7O2/c1-18-6-5-7-19(14-18)15-26-30-22-17-32-16-21(25(33)27-20-8-3-2-4-9-20)28-23(32)24(29-22)31-10-12-34-13-11-31/h5-7,14-17,20,30H,2-4,8-13H2,1H3,(H,27,33)/b26-15+. The zero-order chi connectivity index (χ0) is 23.3. The van der Waals surface area contributed by atoms with Gasteiger partial charge in [0.2, 0.25) is 0 Å². The molecule has 0 bridgehead atoms. The molecule has 2 aliphatic rings. The van der Waals surface area contributed by atoms with Gasteiger partial charge in [0.1, 0.15) is 5.69 Å². The van der Waals surface area contributed by atoms with Crippen molar-refractivity contribution in [2.45, 2.75) is 45.1 Å². The van der Waals surface area contributed by atoms with E-state index in [1.807, 2.05) is 22.7 Å². The Labute approximate surface area is 199 Å². The first kappa shape index (κ1) is 22.3. The van der Waals surface area contributed by atoms with Crippen LogP contribution in [0.1, 0.15) is 53.7 Å². The molecule has 3 aromatic rings. The van der Waals surface area contributed by atoms with Crippen LogP contribution in [0.5, 0.6) is 0 Å². The molecule has 34 heavy (non-hydrogen) atoms. The van der Waals surface area contributed by atoms with Gasteiger partial charge in [-0.3, -0.25) is 14.6 Å². The molecule has 0 unspecified atom stereocenters. The third-order valence-electron chi connectivity index (χ3n) is 6.34. The lowest BCUT2D eigenvalue weighted by Crippen LogP contribution is -2.37. The van der Waals surface area contributed by atoms with E-state index in [9.17, 15) is 4.79 Å². The van der Waals surface area contributed by atoms with Crippen LogP contribution in [-0.4, -0.2) is 58.8 Å². The molecule has 0 atom stereocenters. The molecule has 3 heterocycles. The average Bonchev–Trinajstić information content (AvgIpc) is 3.29. The lowest BCUT2D eigenvalue weighted by atomic mass is 9.95. The van der Waals surface area contributed by atoms with E-state index in [0.717, 1.165) is 37.3 Å². The van der Waals surface area contributed by atoms with Crippen molar-refractivity contribution in [2.24, 2.45) is 5.10 Å². The summed E-state index contributed by atoms with van der Waals surface area (Å²) in [4.78, 5) is 24.5. The largest absolute Gasteiger partial charge is 0.378 e. The second kappa shape index (κ2) is 10.2. The van der Waals surface area contributed by atoms with Gasteiger partial charge in [0, 0.05) is 25.3 Å². The highest BCUT2D eigenvalue weighted by molar-refractivity contribution is 5.93. The predicted octanol–water partition coefficient (Wildman–Crippen LogP) is 3.38. The molecule has 9 nitrogen and oxygen atoms in total. The number of rotatable bonds is 6. The summed E-state index contributed by atoms with van der Waals surface area (Å²) in [5, 5.41) is 7.53. The Balaban J connectivity index is 1.41. The summed E-state index contributed by atoms with van der Waals surface area (Å²) >= 11 is 0. The third kappa shape index (κ3) is 5.20. The molecular formula is C25H31N7O2. The Morgan fingerprint density at radius 1 is 1.15 bits per heavy atom. The second-order valence-corrected chi connectivity index (χ2v) is 9.00. The lowest BCUT2D eigenvalue weighted by Gasteiger charge is -2.28. The van der Waals surface area contributed by atoms with Crippen LogP contribution in [0.15, 0.2) is 41.8 Å². The van der Waals surface area contributed by atoms with Gasteiger partial charge in [-0.2, -0.15) is 5.10 Å². The maximum absolute atomic E-state index is 12.9. The molecule has 1 aliphatic heterocycles. The second-order valence-electron chi connectivity index (χ2n) is 9.00. The molecule has 2 aromatic heterocycles. The zero-order valence-corrected chi connectivity index (χ0v) is 19.5. The predicted molar refractivity (Wildman–Crippen MR) is 133 cm³/mol. The Hall–Kier alpha value is -3.46. The monoisotopic (exact) mass is 461 g/mol. The fourth-order valence-corrected chi connectivity index (χ4v) is 4.56. The van der Waals surface area contributed by atoms with Crippen molar-refractivity contribution in [3.63, 3.8) is 0 Å². The molecule has 1 amide bonds. The van der Waals surface area contributed by atoms with E-state index in [0.29, 0.717) is 30.4 Å². The number of carbonyl (C=O) groups is 1. The van der Waals surface area contributed by atoms with Gasteiger partial charge in [0.15, 0.2) is 17.3 Å². The van der Waals surface area contributed by atoms with Crippen molar-refractivity contribution in [3.8, 4) is 0 Å². The number of anilines is 2. The van der Waals surface area contributed by atoms with Crippen LogP contribution < -0.4 is 15.6 Å². The number of nitrogens with one attached hydrogen (secondary N) is 2. The van der Waals surface area contributed by atoms with Gasteiger partial charge in [0.05, 0.1) is 25.6 Å². The van der Waals surface area contributed by atoms with E-state index in [1.54, 1.807) is 12.4 Å². The number of benzene rings is 1. The zero-order valence-electron chi connectivity index (χ0n) is 19.5. The quantitative estimate of drug-likeness (QED) is 0.432. The number of aryl methyl sites for hydroxylation is 1. The Morgan fingerprint density at radius 3 is 2.76 bits per heavy atom. The first-order valence-corrected chi connectivity index (χ1v) is 12.0. The number of hydrazone groups is 1. The first-order chi connectivity index (χ1) is 16.7. The molecule has 0 spiro atoms. The summed E-state index contributed by atoms with van der Waals surface area (Å²) in [6.07, 6.45) is 11.0. The summed E-state index contributed by atoms with van der Waals surface area (Å²) < 4.78 is 7.37. The van der Waals surface area contributed by atoms with Crippen LogP contribution in [0.2, 0.25) is 0 Å². The van der Waals surface area contributed by atoms with Crippen molar-refractivity contribution >= 4 is 29.4 Å². The third-order valence-corrected chi connectivity index (χ3v) is 6.34. The highest BCUT2D eigenvalue weighted by atomic mass is 16.5. The molecular weight excluding hydrogens is 430 g/mol. The molecule has 2 fully saturated rings. The number of hydrogen-bond donors (Lipinski definition) is 2. The molecule has 9 heteroatoms. The molecule has 0 radical (unpaired) electrons. The average molecular weight is 462 g/mol. The lowest BCUT2D eigenvalue weighted by molar-refractivity contribution is 0.0923. The van der Waals surface area contributed by atoms with E-state index in [2.05, 4.69) is 44.8 Å². The summed E-state index contributed by atoms with van der Waals surface area (Å²) in [5.74, 6) is 1.17. The Morgan fingerprint density at radius 2 is 1.97 bits per heavy atom. The van der Waals surface area contributed by atoms with Gasteiger partial charge in [-0.1, -0.05) is 49.1 Å². The number of fused-ring (bicyclic) bond motifs is 1. The maximum Gasteiger partial charge on any atom is 0.271 e. The van der Waals surface area contributed by atoms with Crippen LogP contribution in [-0.2, 0) is 4.74 Å². The normalized spacial score (nSPS) is 17.4. The maximum atomic E-state index is 12.9. The van der Waals surface area contributed by atoms with Crippen molar-refractivity contribution in [1.82, 2.24) is 19.7 Å². The van der Waals surface area contributed by atoms with Crippen LogP contribution in [0, 0.1) is 6.92 Å². The van der Waals surface area contributed by atoms with Gasteiger partial charge >= 0.3 is 0 Å². The first-order valence-electron chi connectivity index (χ1n) is 12.0. The van der Waals surface area contributed by atoms with E-state index < -0.39 is 0 Å². The number of morpholine rings is 1. The van der Waals surface area contributed by atoms with Crippen LogP contribution in [0.4, 0.5) is 11.6 Å². The van der Waals surface area contributed by atoms with E-state index in [-0.39, 0.29) is 11.9 Å². The number of ether oxygens (including phenoxy) is 1. The van der Waals surface area contributed by atoms with Crippen molar-refractivity contribution < 1.29 is 9.53 Å². The summed E-state index contributed by atoms with van der Waals surface area (Å²) in [7, 11) is 0. The van der Waals surface area contributed by atoms with Gasteiger partial charge in [-0.25, -0.2) is 9.97 Å². The number of aromatic nitrogens is 3. The number of carbonyl (C=O) groups excluding carboxylic acids is 1. The molecule has 178 valence electrons. The van der Waals surface area contributed by atoms with E-state index in [4.69, 9.17) is 9.72 Å². The number of imidazole rings is 1. The van der Waals surface area contributed by atoms with E-state index >= 15 is 0 Å². The fourth-order valence-electron chi connectivity index (χ4n) is 4.56. The van der Waals surface area contributed by atoms with Gasteiger partial charge in [-0.15, -0.1) is 0 Å². The number of nitrogens with zero attached hydrogens (tertiary/aromatic N) is 5. The Bertz CT molecular complexity index is 1180. The van der Waals surface area contributed by atoms with Gasteiger partial charge in [-0.05, 0) is 25.3 Å². The molecule has 2 N–H and O–H groups in total. The van der Waals surface area contributed by atoms with Crippen molar-refractivity contribution in [1.29, 1.82) is 0 Å². The molecule has 1 aromatic carbocycles. The number of amides is 1. The summed E-state index contributed by atoms with van der Waals surface area (Å²) in [6.45, 7) is 4.75. The minimum atomic E-state index is -0.129. The van der Waals surface area contributed by atoms with E-state index in [1.165, 1.54) is 24.8 Å². The number of hydrogen-bond acceptors (Lipinski definition) is 7. The van der Waals surface area contributed by atoms with Crippen molar-refractivity contribution in [3.05, 3.63) is 53.5 Å². The minimum absolute atomic E-state index is 0.129. The minimum Gasteiger partial charge on any atom is -0.378 e. The summed E-state index contributed by atoms with van der Waals surface area (Å²) in [5.41, 5.74) is 6.28. The van der Waals surface area contributed by atoms with Crippen LogP contribution in [0.3, 0.4) is 0 Å². The highest BCUT2D eigenvalue weighted by Crippen LogP contribution is 2.24. The van der Waals surface area contributed by atoms with Crippen LogP contribution in [0.25, 0.3) is 5.65 Å². The topological polar surface area (TPSA) is 96.2 Å². The summed E-state index contributed by atoms with van der Waals surface area (Å²) in [6, 6.07) is 8.35. The molecule has 1 aliphatic carbocycles. The smallest absolute Gasteiger partial charge is 0.271 e. The SMILES string of the molecule is Cc1cccc(/C=N/Nc2cn3cc(C(=O)NC4CCCCC4)nc3c(N3CCOCC3)n2)c1. The molecule has 5 rings (SSSR count). The molecule has 1 saturated heterocycles. The van der Waals surface area contributed by atoms with Crippen LogP contribution >= 0.6 is 0 Å². The van der Waals surface area contributed by atoms with Gasteiger partial charge < -0.3 is 15.0 Å². The van der Waals surface area contributed by atoms with Gasteiger partial charge in [0.25, 0.3) is 5.91 Å². The highest BCUT2D eigenvalue weighted by Gasteiger charge is 2.22.